The Labute approximate surface area is 164 Å². The molecule has 8 nitrogen and oxygen atoms in total. The van der Waals surface area contributed by atoms with Gasteiger partial charge in [-0.3, -0.25) is 4.79 Å². The molecule has 1 N–H and O–H groups in total. The Balaban J connectivity index is 1.43. The van der Waals surface area contributed by atoms with Gasteiger partial charge in [0.25, 0.3) is 0 Å². The van der Waals surface area contributed by atoms with Gasteiger partial charge in [0.05, 0.1) is 5.92 Å². The molecule has 0 bridgehead atoms. The maximum Gasteiger partial charge on any atom is 0.306 e. The van der Waals surface area contributed by atoms with E-state index in [0.29, 0.717) is 12.8 Å². The van der Waals surface area contributed by atoms with Crippen LogP contribution < -0.4 is 14.7 Å². The summed E-state index contributed by atoms with van der Waals surface area (Å²) in [5.74, 6) is 2.69. The number of piperidine rings is 1. The largest absolute Gasteiger partial charge is 0.481 e. The third-order valence-electron chi connectivity index (χ3n) is 5.56. The first kappa shape index (κ1) is 18.5. The maximum absolute atomic E-state index is 11.2. The average Bonchev–Trinajstić information content (AvgIpc) is 2.74. The normalized spacial score (nSPS) is 18.4. The lowest BCUT2D eigenvalue weighted by Gasteiger charge is -2.37. The molecule has 0 unspecified atom stereocenters. The molecule has 148 valence electrons. The highest BCUT2D eigenvalue weighted by Crippen LogP contribution is 2.26. The third kappa shape index (κ3) is 4.00. The fourth-order valence-corrected chi connectivity index (χ4v) is 3.92. The summed E-state index contributed by atoms with van der Waals surface area (Å²) in [6.45, 7) is 6.93. The maximum atomic E-state index is 11.2. The predicted molar refractivity (Wildman–Crippen MR) is 108 cm³/mol. The van der Waals surface area contributed by atoms with E-state index < -0.39 is 5.97 Å². The molecule has 0 atom stereocenters. The van der Waals surface area contributed by atoms with Crippen molar-refractivity contribution in [2.75, 3.05) is 54.0 Å². The molecule has 0 saturated carbocycles. The molecule has 2 aromatic rings. The minimum Gasteiger partial charge on any atom is -0.481 e. The number of anilines is 3. The van der Waals surface area contributed by atoms with Crippen LogP contribution in [0, 0.1) is 12.8 Å². The van der Waals surface area contributed by atoms with E-state index in [4.69, 9.17) is 0 Å². The van der Waals surface area contributed by atoms with Gasteiger partial charge in [0, 0.05) is 51.5 Å². The lowest BCUT2D eigenvalue weighted by Crippen LogP contribution is -2.47. The molecule has 0 aromatic carbocycles. The van der Waals surface area contributed by atoms with Crippen molar-refractivity contribution in [2.45, 2.75) is 19.8 Å². The van der Waals surface area contributed by atoms with Crippen LogP contribution >= 0.6 is 0 Å². The molecule has 8 heteroatoms. The van der Waals surface area contributed by atoms with Crippen molar-refractivity contribution in [1.82, 2.24) is 15.0 Å². The molecule has 28 heavy (non-hydrogen) atoms. The van der Waals surface area contributed by atoms with Crippen LogP contribution in [-0.2, 0) is 4.79 Å². The summed E-state index contributed by atoms with van der Waals surface area (Å²) in [6, 6.07) is 8.04. The molecule has 4 heterocycles. The van der Waals surface area contributed by atoms with Crippen LogP contribution in [-0.4, -0.2) is 65.3 Å². The Hall–Kier alpha value is -2.90. The summed E-state index contributed by atoms with van der Waals surface area (Å²) in [5, 5.41) is 9.20. The molecule has 2 fully saturated rings. The Morgan fingerprint density at radius 1 is 0.929 bits per heavy atom. The second kappa shape index (κ2) is 8.00. The zero-order valence-corrected chi connectivity index (χ0v) is 16.2. The average molecular weight is 382 g/mol. The minimum atomic E-state index is -0.690. The van der Waals surface area contributed by atoms with E-state index in [2.05, 4.69) is 29.7 Å². The molecule has 2 saturated heterocycles. The fraction of sp³-hybridized carbons (Fsp3) is 0.500. The number of pyridine rings is 1. The van der Waals surface area contributed by atoms with Gasteiger partial charge in [-0.15, -0.1) is 0 Å². The van der Waals surface area contributed by atoms with Crippen molar-refractivity contribution in [3.05, 3.63) is 36.3 Å². The van der Waals surface area contributed by atoms with Crippen LogP contribution in [0.4, 0.5) is 17.5 Å². The van der Waals surface area contributed by atoms with Gasteiger partial charge in [-0.1, -0.05) is 6.07 Å². The molecule has 0 radical (unpaired) electrons. The van der Waals surface area contributed by atoms with Gasteiger partial charge in [-0.25, -0.2) is 15.0 Å². The molecule has 2 aliphatic rings. The van der Waals surface area contributed by atoms with Gasteiger partial charge in [-0.2, -0.15) is 0 Å². The van der Waals surface area contributed by atoms with Gasteiger partial charge in [0.1, 0.15) is 23.3 Å². The number of nitrogens with zero attached hydrogens (tertiary/aromatic N) is 6. The van der Waals surface area contributed by atoms with E-state index >= 15 is 0 Å². The number of carboxylic acids is 1. The highest BCUT2D eigenvalue weighted by molar-refractivity contribution is 5.70. The van der Waals surface area contributed by atoms with Crippen molar-refractivity contribution < 1.29 is 9.90 Å². The van der Waals surface area contributed by atoms with Gasteiger partial charge in [0.2, 0.25) is 0 Å². The first-order valence-electron chi connectivity index (χ1n) is 9.84. The van der Waals surface area contributed by atoms with Gasteiger partial charge in [0.15, 0.2) is 0 Å². The smallest absolute Gasteiger partial charge is 0.306 e. The summed E-state index contributed by atoms with van der Waals surface area (Å²) >= 11 is 0. The van der Waals surface area contributed by atoms with Crippen LogP contribution in [0.2, 0.25) is 0 Å². The molecular formula is C20H26N6O2. The first-order valence-corrected chi connectivity index (χ1v) is 9.84. The Morgan fingerprint density at radius 2 is 1.50 bits per heavy atom. The molecule has 2 aliphatic heterocycles. The number of carbonyl (C=O) groups is 1. The molecule has 0 amide bonds. The quantitative estimate of drug-likeness (QED) is 0.857. The molecule has 4 rings (SSSR count). The third-order valence-corrected chi connectivity index (χ3v) is 5.56. The number of rotatable bonds is 4. The number of carboxylic acid groups (broad SMARTS) is 1. The van der Waals surface area contributed by atoms with Crippen molar-refractivity contribution in [3.63, 3.8) is 0 Å². The number of aliphatic carboxylic acids is 1. The van der Waals surface area contributed by atoms with Crippen LogP contribution in [0.3, 0.4) is 0 Å². The SMILES string of the molecule is Cc1nc(N2CCC(C(=O)O)CC2)cc(N2CCN(c3ccccn3)CC2)n1. The van der Waals surface area contributed by atoms with Gasteiger partial charge < -0.3 is 19.8 Å². The first-order chi connectivity index (χ1) is 13.6. The Kier molecular flexibility index (Phi) is 5.27. The summed E-state index contributed by atoms with van der Waals surface area (Å²) in [7, 11) is 0. The zero-order chi connectivity index (χ0) is 19.5. The van der Waals surface area contributed by atoms with Crippen molar-refractivity contribution in [1.29, 1.82) is 0 Å². The van der Waals surface area contributed by atoms with Crippen LogP contribution in [0.25, 0.3) is 0 Å². The van der Waals surface area contributed by atoms with Crippen LogP contribution in [0.1, 0.15) is 18.7 Å². The highest BCUT2D eigenvalue weighted by Gasteiger charge is 2.26. The lowest BCUT2D eigenvalue weighted by atomic mass is 9.97. The second-order valence-corrected chi connectivity index (χ2v) is 7.39. The zero-order valence-electron chi connectivity index (χ0n) is 16.2. The number of aromatic nitrogens is 3. The summed E-state index contributed by atoms with van der Waals surface area (Å²) in [5.41, 5.74) is 0. The van der Waals surface area contributed by atoms with Crippen molar-refractivity contribution in [3.8, 4) is 0 Å². The van der Waals surface area contributed by atoms with Gasteiger partial charge in [-0.05, 0) is 31.9 Å². The topological polar surface area (TPSA) is 85.7 Å². The highest BCUT2D eigenvalue weighted by atomic mass is 16.4. The molecule has 2 aromatic heterocycles. The minimum absolute atomic E-state index is 0.238. The van der Waals surface area contributed by atoms with Crippen molar-refractivity contribution >= 4 is 23.4 Å². The predicted octanol–water partition coefficient (Wildman–Crippen LogP) is 1.81. The second-order valence-electron chi connectivity index (χ2n) is 7.39. The Morgan fingerprint density at radius 3 is 2.04 bits per heavy atom. The monoisotopic (exact) mass is 382 g/mol. The molecular weight excluding hydrogens is 356 g/mol. The fourth-order valence-electron chi connectivity index (χ4n) is 3.92. The molecule has 0 spiro atoms. The van der Waals surface area contributed by atoms with E-state index in [1.165, 1.54) is 0 Å². The van der Waals surface area contributed by atoms with E-state index in [-0.39, 0.29) is 5.92 Å². The van der Waals surface area contributed by atoms with Gasteiger partial charge >= 0.3 is 5.97 Å². The Bertz CT molecular complexity index is 815. The number of piperazine rings is 1. The molecule has 0 aliphatic carbocycles. The van der Waals surface area contributed by atoms with Crippen LogP contribution in [0.5, 0.6) is 0 Å². The number of hydrogen-bond donors (Lipinski definition) is 1. The van der Waals surface area contributed by atoms with Crippen molar-refractivity contribution in [2.24, 2.45) is 5.92 Å². The summed E-state index contributed by atoms with van der Waals surface area (Å²) in [6.07, 6.45) is 3.15. The number of hydrogen-bond acceptors (Lipinski definition) is 7. The summed E-state index contributed by atoms with van der Waals surface area (Å²) in [4.78, 5) is 31.7. The standard InChI is InChI=1S/C20H26N6O2/c1-15-22-18(24-8-5-16(6-9-24)20(27)28)14-19(23-15)26-12-10-25(11-13-26)17-4-2-3-7-21-17/h2-4,7,14,16H,5-6,8-13H2,1H3,(H,27,28). The lowest BCUT2D eigenvalue weighted by molar-refractivity contribution is -0.142. The van der Waals surface area contributed by atoms with Crippen LogP contribution in [0.15, 0.2) is 30.5 Å². The van der Waals surface area contributed by atoms with E-state index in [1.807, 2.05) is 37.4 Å². The number of aryl methyl sites for hydroxylation is 1. The van der Waals surface area contributed by atoms with E-state index in [0.717, 1.165) is 62.5 Å². The van der Waals surface area contributed by atoms with E-state index in [9.17, 15) is 9.90 Å². The van der Waals surface area contributed by atoms with E-state index in [1.54, 1.807) is 0 Å². The summed E-state index contributed by atoms with van der Waals surface area (Å²) < 4.78 is 0.